The molecule has 24 heavy (non-hydrogen) atoms. The fraction of sp³-hybridized carbons (Fsp3) is 0.300. The fourth-order valence-electron chi connectivity index (χ4n) is 2.81. The largest absolute Gasteiger partial charge is 0.326 e. The van der Waals surface area contributed by atoms with Crippen LogP contribution in [0.3, 0.4) is 0 Å². The molecule has 4 nitrogen and oxygen atoms in total. The molecule has 0 aromatic heterocycles. The minimum atomic E-state index is -0.00257. The highest BCUT2D eigenvalue weighted by atomic mass is 16.2. The van der Waals surface area contributed by atoms with Crippen LogP contribution in [-0.4, -0.2) is 17.9 Å². The van der Waals surface area contributed by atoms with Crippen LogP contribution in [-0.2, 0) is 16.0 Å². The number of rotatable bonds is 6. The standard InChI is InChI=1S/C20H22N2O2/c1-15(23)22(19-12-13-19)18-10-8-17(9-11-18)21-20(24)14-7-16-5-3-2-4-6-16/h2-6,8-11,19H,7,12-14H2,1H3,(H,21,24). The Hall–Kier alpha value is -2.62. The lowest BCUT2D eigenvalue weighted by atomic mass is 10.1. The van der Waals surface area contributed by atoms with E-state index in [1.54, 1.807) is 6.92 Å². The predicted octanol–water partition coefficient (Wildman–Crippen LogP) is 3.77. The van der Waals surface area contributed by atoms with Crippen LogP contribution in [0.5, 0.6) is 0 Å². The number of carbonyl (C=O) groups excluding carboxylic acids is 2. The molecule has 0 atom stereocenters. The zero-order valence-electron chi connectivity index (χ0n) is 13.9. The lowest BCUT2D eigenvalue weighted by molar-refractivity contribution is -0.117. The molecule has 1 aliphatic rings. The summed E-state index contributed by atoms with van der Waals surface area (Å²) in [4.78, 5) is 25.7. The first kappa shape index (κ1) is 16.2. The molecule has 1 saturated carbocycles. The van der Waals surface area contributed by atoms with Gasteiger partial charge in [0.25, 0.3) is 0 Å². The van der Waals surface area contributed by atoms with Gasteiger partial charge in [0.05, 0.1) is 0 Å². The van der Waals surface area contributed by atoms with Crippen molar-refractivity contribution in [3.05, 3.63) is 60.2 Å². The van der Waals surface area contributed by atoms with Crippen LogP contribution in [0.4, 0.5) is 11.4 Å². The van der Waals surface area contributed by atoms with Gasteiger partial charge in [-0.25, -0.2) is 0 Å². The van der Waals surface area contributed by atoms with E-state index in [4.69, 9.17) is 0 Å². The summed E-state index contributed by atoms with van der Waals surface area (Å²) < 4.78 is 0. The molecule has 1 N–H and O–H groups in total. The number of carbonyl (C=O) groups is 2. The van der Waals surface area contributed by atoms with Crippen LogP contribution >= 0.6 is 0 Å². The summed E-state index contributed by atoms with van der Waals surface area (Å²) in [5.74, 6) is 0.0642. The summed E-state index contributed by atoms with van der Waals surface area (Å²) >= 11 is 0. The maximum absolute atomic E-state index is 12.1. The van der Waals surface area contributed by atoms with Crippen molar-refractivity contribution in [3.8, 4) is 0 Å². The van der Waals surface area contributed by atoms with Crippen molar-refractivity contribution < 1.29 is 9.59 Å². The Bertz CT molecular complexity index is 706. The van der Waals surface area contributed by atoms with Gasteiger partial charge in [0.2, 0.25) is 11.8 Å². The first-order valence-electron chi connectivity index (χ1n) is 8.37. The molecular weight excluding hydrogens is 300 g/mol. The molecule has 0 heterocycles. The van der Waals surface area contributed by atoms with E-state index in [0.717, 1.165) is 36.2 Å². The van der Waals surface area contributed by atoms with Crippen molar-refractivity contribution in [2.24, 2.45) is 0 Å². The lowest BCUT2D eigenvalue weighted by Gasteiger charge is -2.21. The molecule has 1 fully saturated rings. The Labute approximate surface area is 142 Å². The molecule has 0 unspecified atom stereocenters. The van der Waals surface area contributed by atoms with Crippen LogP contribution in [0.15, 0.2) is 54.6 Å². The van der Waals surface area contributed by atoms with Gasteiger partial charge in [0.1, 0.15) is 0 Å². The highest BCUT2D eigenvalue weighted by Crippen LogP contribution is 2.32. The van der Waals surface area contributed by atoms with Crippen molar-refractivity contribution in [2.45, 2.75) is 38.6 Å². The smallest absolute Gasteiger partial charge is 0.224 e. The molecule has 0 radical (unpaired) electrons. The summed E-state index contributed by atoms with van der Waals surface area (Å²) in [6.07, 6.45) is 3.31. The fourth-order valence-corrected chi connectivity index (χ4v) is 2.81. The van der Waals surface area contributed by atoms with E-state index in [1.165, 1.54) is 0 Å². The quantitative estimate of drug-likeness (QED) is 0.880. The van der Waals surface area contributed by atoms with Crippen molar-refractivity contribution in [3.63, 3.8) is 0 Å². The average Bonchev–Trinajstić information content (AvgIpc) is 3.40. The van der Waals surface area contributed by atoms with Gasteiger partial charge in [-0.1, -0.05) is 30.3 Å². The molecule has 4 heteroatoms. The summed E-state index contributed by atoms with van der Waals surface area (Å²) in [5.41, 5.74) is 2.81. The summed E-state index contributed by atoms with van der Waals surface area (Å²) in [7, 11) is 0. The first-order valence-corrected chi connectivity index (χ1v) is 8.37. The van der Waals surface area contributed by atoms with Crippen LogP contribution in [0.1, 0.15) is 31.7 Å². The van der Waals surface area contributed by atoms with Gasteiger partial charge in [-0.15, -0.1) is 0 Å². The Kier molecular flexibility index (Phi) is 4.94. The third-order valence-electron chi connectivity index (χ3n) is 4.16. The Balaban J connectivity index is 1.55. The van der Waals surface area contributed by atoms with Gasteiger partial charge < -0.3 is 10.2 Å². The minimum absolute atomic E-state index is 0.00257. The Morgan fingerprint density at radius 1 is 1.04 bits per heavy atom. The van der Waals surface area contributed by atoms with Crippen LogP contribution in [0.2, 0.25) is 0 Å². The number of aryl methyl sites for hydroxylation is 1. The zero-order valence-corrected chi connectivity index (χ0v) is 13.9. The van der Waals surface area contributed by atoms with Crippen molar-refractivity contribution in [1.82, 2.24) is 0 Å². The van der Waals surface area contributed by atoms with Crippen molar-refractivity contribution in [1.29, 1.82) is 0 Å². The molecule has 2 amide bonds. The van der Waals surface area contributed by atoms with E-state index >= 15 is 0 Å². The number of hydrogen-bond donors (Lipinski definition) is 1. The summed E-state index contributed by atoms with van der Waals surface area (Å²) in [6.45, 7) is 1.59. The number of nitrogens with one attached hydrogen (secondary N) is 1. The van der Waals surface area contributed by atoms with Gasteiger partial charge in [-0.2, -0.15) is 0 Å². The number of benzene rings is 2. The topological polar surface area (TPSA) is 49.4 Å². The van der Waals surface area contributed by atoms with E-state index in [-0.39, 0.29) is 11.8 Å². The van der Waals surface area contributed by atoms with E-state index in [2.05, 4.69) is 5.32 Å². The number of amides is 2. The van der Waals surface area contributed by atoms with Gasteiger partial charge in [0.15, 0.2) is 0 Å². The molecule has 2 aromatic rings. The first-order chi connectivity index (χ1) is 11.6. The molecular formula is C20H22N2O2. The minimum Gasteiger partial charge on any atom is -0.326 e. The highest BCUT2D eigenvalue weighted by Gasteiger charge is 2.31. The van der Waals surface area contributed by atoms with Crippen LogP contribution < -0.4 is 10.2 Å². The molecule has 0 saturated heterocycles. The van der Waals surface area contributed by atoms with Crippen LogP contribution in [0.25, 0.3) is 0 Å². The number of nitrogens with zero attached hydrogens (tertiary/aromatic N) is 1. The lowest BCUT2D eigenvalue weighted by Crippen LogP contribution is -2.30. The molecule has 0 spiro atoms. The summed E-state index contributed by atoms with van der Waals surface area (Å²) in [6, 6.07) is 17.8. The second-order valence-electron chi connectivity index (χ2n) is 6.20. The maximum Gasteiger partial charge on any atom is 0.224 e. The molecule has 2 aromatic carbocycles. The third kappa shape index (κ3) is 4.22. The van der Waals surface area contributed by atoms with Crippen molar-refractivity contribution in [2.75, 3.05) is 10.2 Å². The highest BCUT2D eigenvalue weighted by molar-refractivity contribution is 5.94. The Morgan fingerprint density at radius 3 is 2.29 bits per heavy atom. The van der Waals surface area contributed by atoms with E-state index in [1.807, 2.05) is 59.5 Å². The predicted molar refractivity (Wildman–Crippen MR) is 96.0 cm³/mol. The second kappa shape index (κ2) is 7.30. The zero-order chi connectivity index (χ0) is 16.9. The van der Waals surface area contributed by atoms with E-state index < -0.39 is 0 Å². The number of hydrogen-bond acceptors (Lipinski definition) is 2. The molecule has 124 valence electrons. The molecule has 0 bridgehead atoms. The number of anilines is 2. The molecule has 0 aliphatic heterocycles. The normalized spacial score (nSPS) is 13.4. The van der Waals surface area contributed by atoms with Gasteiger partial charge >= 0.3 is 0 Å². The third-order valence-corrected chi connectivity index (χ3v) is 4.16. The molecule has 1 aliphatic carbocycles. The average molecular weight is 322 g/mol. The monoisotopic (exact) mass is 322 g/mol. The maximum atomic E-state index is 12.1. The van der Waals surface area contributed by atoms with Gasteiger partial charge in [-0.3, -0.25) is 9.59 Å². The van der Waals surface area contributed by atoms with Crippen LogP contribution in [0, 0.1) is 0 Å². The second-order valence-corrected chi connectivity index (χ2v) is 6.20. The van der Waals surface area contributed by atoms with E-state index in [9.17, 15) is 9.59 Å². The van der Waals surface area contributed by atoms with Gasteiger partial charge in [0, 0.05) is 30.8 Å². The van der Waals surface area contributed by atoms with Crippen molar-refractivity contribution >= 4 is 23.2 Å². The molecule has 3 rings (SSSR count). The van der Waals surface area contributed by atoms with Gasteiger partial charge in [-0.05, 0) is 49.1 Å². The summed E-state index contributed by atoms with van der Waals surface area (Å²) in [5, 5.41) is 2.91. The Morgan fingerprint density at radius 2 is 1.71 bits per heavy atom. The SMILES string of the molecule is CC(=O)N(c1ccc(NC(=O)CCc2ccccc2)cc1)C1CC1. The van der Waals surface area contributed by atoms with E-state index in [0.29, 0.717) is 12.5 Å².